The Hall–Kier alpha value is -0.930. The molecule has 19 heavy (non-hydrogen) atoms. The van der Waals surface area contributed by atoms with Gasteiger partial charge in [0.1, 0.15) is 17.7 Å². The number of rotatable bonds is 0. The molecule has 2 heterocycles. The lowest BCUT2D eigenvalue weighted by molar-refractivity contribution is -0.318. The summed E-state index contributed by atoms with van der Waals surface area (Å²) in [4.78, 5) is 3.83. The van der Waals surface area contributed by atoms with Gasteiger partial charge >= 0.3 is 0 Å². The van der Waals surface area contributed by atoms with Gasteiger partial charge in [-0.25, -0.2) is 4.99 Å². The van der Waals surface area contributed by atoms with E-state index in [1.54, 1.807) is 0 Å². The number of hydrogen-bond donors (Lipinski definition) is 6. The molecule has 8 unspecified atom stereocenters. The van der Waals surface area contributed by atoms with Crippen molar-refractivity contribution in [2.75, 3.05) is 0 Å². The Kier molecular flexibility index (Phi) is 2.77. The summed E-state index contributed by atoms with van der Waals surface area (Å²) in [5.41, 5.74) is 4.27. The van der Waals surface area contributed by atoms with E-state index in [4.69, 9.17) is 10.5 Å². The van der Waals surface area contributed by atoms with Crippen LogP contribution in [0.4, 0.5) is 0 Å². The van der Waals surface area contributed by atoms with E-state index in [9.17, 15) is 20.4 Å². The fraction of sp³-hybridized carbons (Fsp3) is 0.909. The standard InChI is InChI=1S/C11H19N3O5/c1-3-2-4-8(17)13-10(12)14-11(4)6(15)5(3)19-9(18)7(11)16/h3-9,15-18H,2H2,1H3,(H3,12,13,14). The number of aliphatic hydroxyl groups is 4. The van der Waals surface area contributed by atoms with Crippen LogP contribution in [-0.2, 0) is 4.74 Å². The maximum absolute atomic E-state index is 10.5. The number of fused-ring (bicyclic) bond motifs is 1. The second-order valence-corrected chi connectivity index (χ2v) is 5.69. The lowest BCUT2D eigenvalue weighted by atomic mass is 9.60. The largest absolute Gasteiger partial charge is 0.388 e. The quantitative estimate of drug-likeness (QED) is 0.277. The average molecular weight is 273 g/mol. The molecule has 3 aliphatic rings. The minimum absolute atomic E-state index is 0.0655. The van der Waals surface area contributed by atoms with E-state index >= 15 is 0 Å². The molecular formula is C11H19N3O5. The molecule has 1 saturated heterocycles. The van der Waals surface area contributed by atoms with Crippen LogP contribution in [-0.4, -0.2) is 62.8 Å². The number of nitrogens with zero attached hydrogens (tertiary/aromatic N) is 1. The fourth-order valence-corrected chi connectivity index (χ4v) is 3.70. The van der Waals surface area contributed by atoms with Crippen molar-refractivity contribution in [3.63, 3.8) is 0 Å². The van der Waals surface area contributed by atoms with Crippen molar-refractivity contribution in [2.24, 2.45) is 22.6 Å². The molecule has 2 bridgehead atoms. The van der Waals surface area contributed by atoms with Crippen LogP contribution in [0.3, 0.4) is 0 Å². The zero-order valence-corrected chi connectivity index (χ0v) is 10.5. The lowest BCUT2D eigenvalue weighted by Gasteiger charge is -2.60. The van der Waals surface area contributed by atoms with E-state index in [2.05, 4.69) is 10.3 Å². The van der Waals surface area contributed by atoms with Crippen LogP contribution in [0.5, 0.6) is 0 Å². The van der Waals surface area contributed by atoms with Gasteiger partial charge in [0.05, 0.1) is 6.10 Å². The van der Waals surface area contributed by atoms with E-state index in [0.29, 0.717) is 6.42 Å². The van der Waals surface area contributed by atoms with Crippen LogP contribution in [0.1, 0.15) is 13.3 Å². The van der Waals surface area contributed by atoms with E-state index < -0.39 is 42.3 Å². The predicted molar refractivity (Wildman–Crippen MR) is 63.7 cm³/mol. The normalized spacial score (nSPS) is 56.9. The fourth-order valence-electron chi connectivity index (χ4n) is 3.70. The molecule has 0 aromatic carbocycles. The number of ether oxygens (including phenoxy) is 1. The van der Waals surface area contributed by atoms with Gasteiger partial charge in [-0.2, -0.15) is 0 Å². The first-order chi connectivity index (χ1) is 8.87. The Morgan fingerprint density at radius 1 is 1.32 bits per heavy atom. The summed E-state index contributed by atoms with van der Waals surface area (Å²) in [6, 6.07) is 0. The van der Waals surface area contributed by atoms with Gasteiger partial charge in [-0.15, -0.1) is 0 Å². The predicted octanol–water partition coefficient (Wildman–Crippen LogP) is -2.94. The summed E-state index contributed by atoms with van der Waals surface area (Å²) in [6.07, 6.45) is -5.19. The Morgan fingerprint density at radius 2 is 2.00 bits per heavy atom. The Balaban J connectivity index is 2.10. The summed E-state index contributed by atoms with van der Waals surface area (Å²) >= 11 is 0. The third-order valence-corrected chi connectivity index (χ3v) is 4.63. The minimum atomic E-state index is -1.44. The highest BCUT2D eigenvalue weighted by Crippen LogP contribution is 2.48. The lowest BCUT2D eigenvalue weighted by Crippen LogP contribution is -2.82. The van der Waals surface area contributed by atoms with E-state index in [1.807, 2.05) is 6.92 Å². The van der Waals surface area contributed by atoms with E-state index in [0.717, 1.165) is 0 Å². The molecule has 7 N–H and O–H groups in total. The smallest absolute Gasteiger partial charge is 0.191 e. The van der Waals surface area contributed by atoms with Crippen molar-refractivity contribution in [3.8, 4) is 0 Å². The molecule has 0 aromatic heterocycles. The molecule has 8 nitrogen and oxygen atoms in total. The zero-order chi connectivity index (χ0) is 13.9. The van der Waals surface area contributed by atoms with Crippen LogP contribution in [0.25, 0.3) is 0 Å². The highest BCUT2D eigenvalue weighted by molar-refractivity contribution is 5.80. The van der Waals surface area contributed by atoms with Gasteiger partial charge < -0.3 is 36.2 Å². The molecule has 2 aliphatic heterocycles. The SMILES string of the molecule is CC1CC2C(O)N=C(N)NC23C(O)C(O)OC1C3O. The molecule has 0 radical (unpaired) electrons. The zero-order valence-electron chi connectivity index (χ0n) is 10.5. The number of aliphatic hydroxyl groups excluding tert-OH is 4. The van der Waals surface area contributed by atoms with Gasteiger partial charge in [-0.05, 0) is 12.3 Å². The molecule has 3 rings (SSSR count). The van der Waals surface area contributed by atoms with Gasteiger partial charge in [-0.3, -0.25) is 0 Å². The molecule has 108 valence electrons. The van der Waals surface area contributed by atoms with Gasteiger partial charge in [-0.1, -0.05) is 6.92 Å². The van der Waals surface area contributed by atoms with Crippen LogP contribution in [0, 0.1) is 11.8 Å². The van der Waals surface area contributed by atoms with Gasteiger partial charge in [0.2, 0.25) is 0 Å². The van der Waals surface area contributed by atoms with Crippen molar-refractivity contribution >= 4 is 5.96 Å². The summed E-state index contributed by atoms with van der Waals surface area (Å²) in [6.45, 7) is 1.86. The van der Waals surface area contributed by atoms with Crippen LogP contribution < -0.4 is 11.1 Å². The van der Waals surface area contributed by atoms with Crippen LogP contribution in [0.2, 0.25) is 0 Å². The highest BCUT2D eigenvalue weighted by Gasteiger charge is 2.66. The molecule has 8 atom stereocenters. The molecule has 1 aliphatic carbocycles. The summed E-state index contributed by atoms with van der Waals surface area (Å²) in [7, 11) is 0. The second-order valence-electron chi connectivity index (χ2n) is 5.69. The maximum atomic E-state index is 10.5. The Labute approximate surface area is 109 Å². The number of aliphatic imine (C=N–C) groups is 1. The molecular weight excluding hydrogens is 254 g/mol. The van der Waals surface area contributed by atoms with Gasteiger partial charge in [0.15, 0.2) is 18.5 Å². The Morgan fingerprint density at radius 3 is 2.68 bits per heavy atom. The van der Waals surface area contributed by atoms with Crippen molar-refractivity contribution < 1.29 is 25.2 Å². The molecule has 8 heteroatoms. The summed E-state index contributed by atoms with van der Waals surface area (Å²) in [5, 5.41) is 43.4. The Bertz CT molecular complexity index is 419. The average Bonchev–Trinajstić information content (AvgIpc) is 2.33. The molecule has 2 fully saturated rings. The minimum Gasteiger partial charge on any atom is -0.388 e. The van der Waals surface area contributed by atoms with Gasteiger partial charge in [0, 0.05) is 5.92 Å². The van der Waals surface area contributed by atoms with Crippen molar-refractivity contribution in [3.05, 3.63) is 0 Å². The van der Waals surface area contributed by atoms with Gasteiger partial charge in [0.25, 0.3) is 0 Å². The van der Waals surface area contributed by atoms with Crippen LogP contribution in [0.15, 0.2) is 4.99 Å². The second kappa shape index (κ2) is 4.03. The summed E-state index contributed by atoms with van der Waals surface area (Å²) < 4.78 is 5.26. The summed E-state index contributed by atoms with van der Waals surface area (Å²) in [5.74, 6) is -0.694. The number of nitrogens with two attached hydrogens (primary N) is 1. The van der Waals surface area contributed by atoms with Crippen molar-refractivity contribution in [1.29, 1.82) is 0 Å². The number of guanidine groups is 1. The molecule has 1 spiro atoms. The molecule has 0 amide bonds. The first-order valence-corrected chi connectivity index (χ1v) is 6.37. The molecule has 0 aromatic rings. The van der Waals surface area contributed by atoms with E-state index in [-0.39, 0.29) is 11.9 Å². The van der Waals surface area contributed by atoms with Crippen molar-refractivity contribution in [2.45, 2.75) is 49.7 Å². The highest BCUT2D eigenvalue weighted by atomic mass is 16.6. The first kappa shape index (κ1) is 13.1. The van der Waals surface area contributed by atoms with E-state index in [1.165, 1.54) is 0 Å². The number of hydrogen-bond acceptors (Lipinski definition) is 8. The van der Waals surface area contributed by atoms with Crippen LogP contribution >= 0.6 is 0 Å². The maximum Gasteiger partial charge on any atom is 0.191 e. The third-order valence-electron chi connectivity index (χ3n) is 4.63. The third kappa shape index (κ3) is 1.55. The molecule has 1 saturated carbocycles. The topological polar surface area (TPSA) is 141 Å². The van der Waals surface area contributed by atoms with Crippen molar-refractivity contribution in [1.82, 2.24) is 5.32 Å². The first-order valence-electron chi connectivity index (χ1n) is 6.37. The number of nitrogens with one attached hydrogen (secondary N) is 1. The monoisotopic (exact) mass is 273 g/mol.